The van der Waals surface area contributed by atoms with E-state index >= 15 is 0 Å². The summed E-state index contributed by atoms with van der Waals surface area (Å²) in [6.07, 6.45) is 15.6. The van der Waals surface area contributed by atoms with Gasteiger partial charge in [0.05, 0.1) is 5.66 Å². The number of ether oxygens (including phenoxy) is 1. The largest absolute Gasteiger partial charge is 0.457 e. The Hall–Kier alpha value is -2.04. The monoisotopic (exact) mass is 449 g/mol. The van der Waals surface area contributed by atoms with E-state index in [2.05, 4.69) is 19.1 Å². The Morgan fingerprint density at radius 3 is 2.12 bits per heavy atom. The van der Waals surface area contributed by atoms with Crippen molar-refractivity contribution in [3.8, 4) is 11.5 Å². The smallest absolute Gasteiger partial charge is 0.127 e. The van der Waals surface area contributed by atoms with Gasteiger partial charge in [-0.3, -0.25) is 0 Å². The van der Waals surface area contributed by atoms with E-state index in [4.69, 9.17) is 21.9 Å². The SMILES string of the molecule is CCCCCC1(C2CCC(N)(N)C(c3ccc(Oc4ccc(N)cc4)cc3)C2)CCCCC1. The van der Waals surface area contributed by atoms with Gasteiger partial charge >= 0.3 is 0 Å². The minimum Gasteiger partial charge on any atom is -0.457 e. The molecule has 0 amide bonds. The molecule has 0 heterocycles. The molecule has 0 spiro atoms. The molecule has 33 heavy (non-hydrogen) atoms. The quantitative estimate of drug-likeness (QED) is 0.228. The van der Waals surface area contributed by atoms with Gasteiger partial charge < -0.3 is 21.9 Å². The summed E-state index contributed by atoms with van der Waals surface area (Å²) in [6, 6.07) is 15.9. The minimum atomic E-state index is -0.644. The van der Waals surface area contributed by atoms with Crippen LogP contribution in [-0.4, -0.2) is 5.66 Å². The van der Waals surface area contributed by atoms with Crippen molar-refractivity contribution in [2.75, 3.05) is 5.73 Å². The Morgan fingerprint density at radius 1 is 0.848 bits per heavy atom. The number of unbranched alkanes of at least 4 members (excludes halogenated alkanes) is 2. The summed E-state index contributed by atoms with van der Waals surface area (Å²) in [5.41, 5.74) is 21.1. The summed E-state index contributed by atoms with van der Waals surface area (Å²) in [4.78, 5) is 0. The average molecular weight is 450 g/mol. The van der Waals surface area contributed by atoms with E-state index in [-0.39, 0.29) is 5.92 Å². The first-order valence-corrected chi connectivity index (χ1v) is 13.1. The number of rotatable bonds is 8. The number of anilines is 1. The molecule has 180 valence electrons. The summed E-state index contributed by atoms with van der Waals surface area (Å²) in [6.45, 7) is 2.31. The molecule has 0 radical (unpaired) electrons. The lowest BCUT2D eigenvalue weighted by molar-refractivity contribution is 0.0296. The number of hydrogen-bond acceptors (Lipinski definition) is 4. The molecule has 4 nitrogen and oxygen atoms in total. The molecule has 4 heteroatoms. The Morgan fingerprint density at radius 2 is 1.48 bits per heavy atom. The van der Waals surface area contributed by atoms with Gasteiger partial charge in [-0.2, -0.15) is 0 Å². The normalized spacial score (nSPS) is 24.3. The molecule has 0 aliphatic heterocycles. The lowest BCUT2D eigenvalue weighted by atomic mass is 9.56. The predicted octanol–water partition coefficient (Wildman–Crippen LogP) is 7.09. The molecule has 0 saturated heterocycles. The number of benzene rings is 2. The van der Waals surface area contributed by atoms with Gasteiger partial charge in [0.1, 0.15) is 11.5 Å². The van der Waals surface area contributed by atoms with Crippen molar-refractivity contribution >= 4 is 5.69 Å². The molecule has 2 saturated carbocycles. The number of hydrogen-bond donors (Lipinski definition) is 3. The van der Waals surface area contributed by atoms with Crippen LogP contribution >= 0.6 is 0 Å². The third-order valence-corrected chi connectivity index (χ3v) is 8.49. The third-order valence-electron chi connectivity index (χ3n) is 8.49. The van der Waals surface area contributed by atoms with Crippen LogP contribution in [0.3, 0.4) is 0 Å². The fraction of sp³-hybridized carbons (Fsp3) is 0.586. The Labute approximate surface area is 200 Å². The zero-order chi connectivity index (χ0) is 23.3. The first kappa shape index (κ1) is 24.1. The van der Waals surface area contributed by atoms with Crippen LogP contribution in [0.2, 0.25) is 0 Å². The highest BCUT2D eigenvalue weighted by molar-refractivity contribution is 5.43. The maximum atomic E-state index is 6.72. The molecule has 6 N–H and O–H groups in total. The van der Waals surface area contributed by atoms with Crippen molar-refractivity contribution in [2.24, 2.45) is 22.8 Å². The van der Waals surface area contributed by atoms with Crippen LogP contribution in [0.25, 0.3) is 0 Å². The van der Waals surface area contributed by atoms with Crippen LogP contribution < -0.4 is 21.9 Å². The van der Waals surface area contributed by atoms with E-state index in [1.807, 2.05) is 36.4 Å². The van der Waals surface area contributed by atoms with Crippen molar-refractivity contribution in [3.63, 3.8) is 0 Å². The summed E-state index contributed by atoms with van der Waals surface area (Å²) < 4.78 is 6.00. The van der Waals surface area contributed by atoms with Crippen LogP contribution in [0, 0.1) is 11.3 Å². The van der Waals surface area contributed by atoms with E-state index in [1.54, 1.807) is 0 Å². The lowest BCUT2D eigenvalue weighted by Gasteiger charge is -2.51. The molecule has 2 aliphatic rings. The van der Waals surface area contributed by atoms with E-state index in [0.717, 1.165) is 35.9 Å². The standard InChI is InChI=1S/C29H43N3O/c1-2-3-5-17-28(18-6-4-7-19-28)23-16-20-29(31,32)27(21-23)22-8-12-25(13-9-22)33-26-14-10-24(30)11-15-26/h8-15,23,27H,2-7,16-21,30-32H2,1H3. The van der Waals surface area contributed by atoms with Gasteiger partial charge in [-0.05, 0) is 91.8 Å². The highest BCUT2D eigenvalue weighted by Gasteiger charge is 2.46. The Kier molecular flexibility index (Phi) is 7.65. The summed E-state index contributed by atoms with van der Waals surface area (Å²) in [7, 11) is 0. The van der Waals surface area contributed by atoms with Crippen molar-refractivity contribution in [2.45, 2.75) is 95.6 Å². The fourth-order valence-corrected chi connectivity index (χ4v) is 6.51. The van der Waals surface area contributed by atoms with Gasteiger partial charge in [0.25, 0.3) is 0 Å². The number of nitrogens with two attached hydrogens (primary N) is 3. The third kappa shape index (κ3) is 5.73. The second kappa shape index (κ2) is 10.5. The maximum Gasteiger partial charge on any atom is 0.127 e. The zero-order valence-corrected chi connectivity index (χ0v) is 20.4. The van der Waals surface area contributed by atoms with Crippen molar-refractivity contribution in [3.05, 3.63) is 54.1 Å². The Bertz CT molecular complexity index is 869. The van der Waals surface area contributed by atoms with Gasteiger partial charge in [-0.15, -0.1) is 0 Å². The maximum absolute atomic E-state index is 6.72. The summed E-state index contributed by atoms with van der Waals surface area (Å²) in [5.74, 6) is 2.52. The summed E-state index contributed by atoms with van der Waals surface area (Å²) >= 11 is 0. The van der Waals surface area contributed by atoms with Crippen LogP contribution in [0.1, 0.15) is 95.5 Å². The molecule has 2 atom stereocenters. The molecule has 2 unspecified atom stereocenters. The van der Waals surface area contributed by atoms with E-state index < -0.39 is 5.66 Å². The van der Waals surface area contributed by atoms with Gasteiger partial charge in [0.2, 0.25) is 0 Å². The van der Waals surface area contributed by atoms with Crippen LogP contribution in [0.4, 0.5) is 5.69 Å². The molecule has 2 aromatic rings. The molecule has 2 aromatic carbocycles. The van der Waals surface area contributed by atoms with E-state index in [0.29, 0.717) is 5.41 Å². The minimum absolute atomic E-state index is 0.187. The highest BCUT2D eigenvalue weighted by atomic mass is 16.5. The average Bonchev–Trinajstić information content (AvgIpc) is 2.82. The van der Waals surface area contributed by atoms with E-state index in [1.165, 1.54) is 69.8 Å². The predicted molar refractivity (Wildman–Crippen MR) is 138 cm³/mol. The van der Waals surface area contributed by atoms with Gasteiger partial charge in [0, 0.05) is 11.6 Å². The lowest BCUT2D eigenvalue weighted by Crippen LogP contribution is -2.58. The molecule has 0 bridgehead atoms. The van der Waals surface area contributed by atoms with Crippen molar-refractivity contribution < 1.29 is 4.74 Å². The first-order valence-electron chi connectivity index (χ1n) is 13.1. The summed E-state index contributed by atoms with van der Waals surface area (Å²) in [5, 5.41) is 0. The van der Waals surface area contributed by atoms with Crippen molar-refractivity contribution in [1.82, 2.24) is 0 Å². The van der Waals surface area contributed by atoms with Crippen LogP contribution in [0.5, 0.6) is 11.5 Å². The molecule has 2 fully saturated rings. The highest BCUT2D eigenvalue weighted by Crippen LogP contribution is 2.54. The molecular weight excluding hydrogens is 406 g/mol. The van der Waals surface area contributed by atoms with Crippen LogP contribution in [0.15, 0.2) is 48.5 Å². The number of nitrogen functional groups attached to an aromatic ring is 1. The molecule has 0 aromatic heterocycles. The topological polar surface area (TPSA) is 87.3 Å². The van der Waals surface area contributed by atoms with Crippen molar-refractivity contribution in [1.29, 1.82) is 0 Å². The van der Waals surface area contributed by atoms with E-state index in [9.17, 15) is 0 Å². The molecular formula is C29H43N3O. The Balaban J connectivity index is 1.50. The first-order chi connectivity index (χ1) is 15.9. The van der Waals surface area contributed by atoms with Crippen LogP contribution in [-0.2, 0) is 0 Å². The van der Waals surface area contributed by atoms with Gasteiger partial charge in [-0.25, -0.2) is 0 Å². The molecule has 2 aliphatic carbocycles. The second-order valence-electron chi connectivity index (χ2n) is 10.8. The van der Waals surface area contributed by atoms with Gasteiger partial charge in [0.15, 0.2) is 0 Å². The zero-order valence-electron chi connectivity index (χ0n) is 20.4. The van der Waals surface area contributed by atoms with Gasteiger partial charge in [-0.1, -0.05) is 57.6 Å². The fourth-order valence-electron chi connectivity index (χ4n) is 6.51. The molecule has 4 rings (SSSR count). The second-order valence-corrected chi connectivity index (χ2v) is 10.8.